The van der Waals surface area contributed by atoms with Crippen molar-refractivity contribution in [1.29, 1.82) is 0 Å². The minimum absolute atomic E-state index is 0.223. The quantitative estimate of drug-likeness (QED) is 0.529. The van der Waals surface area contributed by atoms with Gasteiger partial charge >= 0.3 is 0 Å². The molecule has 1 heterocycles. The van der Waals surface area contributed by atoms with Crippen molar-refractivity contribution in [2.75, 3.05) is 31.5 Å². The van der Waals surface area contributed by atoms with E-state index >= 15 is 0 Å². The van der Waals surface area contributed by atoms with E-state index < -0.39 is 0 Å². The van der Waals surface area contributed by atoms with Gasteiger partial charge in [0.25, 0.3) is 0 Å². The maximum Gasteiger partial charge on any atom is 0.128 e. The highest BCUT2D eigenvalue weighted by Crippen LogP contribution is 2.18. The smallest absolute Gasteiger partial charge is 0.128 e. The largest absolute Gasteiger partial charge is 0.375 e. The monoisotopic (exact) mass is 372 g/mol. The summed E-state index contributed by atoms with van der Waals surface area (Å²) in [5, 5.41) is 9.60. The van der Waals surface area contributed by atoms with Gasteiger partial charge in [-0.2, -0.15) is 0 Å². The predicted molar refractivity (Wildman–Crippen MR) is 113 cm³/mol. The van der Waals surface area contributed by atoms with Gasteiger partial charge in [-0.1, -0.05) is 32.2 Å². The molecule has 1 aliphatic heterocycles. The summed E-state index contributed by atoms with van der Waals surface area (Å²) in [5.41, 5.74) is 3.35. The molecule has 0 aromatic heterocycles. The van der Waals surface area contributed by atoms with Crippen molar-refractivity contribution in [2.45, 2.75) is 39.0 Å². The molecule has 1 aromatic carbocycles. The zero-order valence-electron chi connectivity index (χ0n) is 16.5. The molecule has 148 valence electrons. The van der Waals surface area contributed by atoms with Gasteiger partial charge in [0.05, 0.1) is 12.4 Å². The SMILES string of the molecule is C=C(CNC(=C)NCCCN1CCCCCC1=C)Nc1ccc(C)c(F)c1. The van der Waals surface area contributed by atoms with Crippen LogP contribution in [-0.4, -0.2) is 31.1 Å². The number of nitrogens with one attached hydrogen (secondary N) is 3. The highest BCUT2D eigenvalue weighted by atomic mass is 19.1. The number of rotatable bonds is 10. The van der Waals surface area contributed by atoms with E-state index in [2.05, 4.69) is 40.6 Å². The van der Waals surface area contributed by atoms with Crippen LogP contribution in [0.15, 0.2) is 55.2 Å². The molecule has 0 aliphatic carbocycles. The number of nitrogens with zero attached hydrogens (tertiary/aromatic N) is 1. The molecule has 0 unspecified atom stereocenters. The zero-order chi connectivity index (χ0) is 19.6. The molecule has 4 nitrogen and oxygen atoms in total. The zero-order valence-corrected chi connectivity index (χ0v) is 16.5. The van der Waals surface area contributed by atoms with Crippen LogP contribution in [0.2, 0.25) is 0 Å². The van der Waals surface area contributed by atoms with Gasteiger partial charge in [-0.25, -0.2) is 4.39 Å². The molecule has 2 rings (SSSR count). The van der Waals surface area contributed by atoms with Gasteiger partial charge < -0.3 is 20.9 Å². The molecule has 1 fully saturated rings. The Morgan fingerprint density at radius 3 is 2.78 bits per heavy atom. The van der Waals surface area contributed by atoms with Gasteiger partial charge in [0.1, 0.15) is 5.82 Å². The van der Waals surface area contributed by atoms with Crippen molar-refractivity contribution in [1.82, 2.24) is 15.5 Å². The van der Waals surface area contributed by atoms with Crippen LogP contribution >= 0.6 is 0 Å². The summed E-state index contributed by atoms with van der Waals surface area (Å²) in [7, 11) is 0. The van der Waals surface area contributed by atoms with E-state index in [9.17, 15) is 4.39 Å². The van der Waals surface area contributed by atoms with E-state index in [4.69, 9.17) is 0 Å². The second-order valence-corrected chi connectivity index (χ2v) is 7.17. The Morgan fingerprint density at radius 2 is 2.00 bits per heavy atom. The van der Waals surface area contributed by atoms with Crippen LogP contribution < -0.4 is 16.0 Å². The molecule has 27 heavy (non-hydrogen) atoms. The average Bonchev–Trinajstić information content (AvgIpc) is 2.84. The van der Waals surface area contributed by atoms with Crippen LogP contribution in [0, 0.1) is 12.7 Å². The molecule has 0 spiro atoms. The van der Waals surface area contributed by atoms with Crippen molar-refractivity contribution in [3.8, 4) is 0 Å². The van der Waals surface area contributed by atoms with Crippen molar-refractivity contribution in [3.63, 3.8) is 0 Å². The third kappa shape index (κ3) is 7.37. The molecule has 0 amide bonds. The third-order valence-electron chi connectivity index (χ3n) is 4.79. The van der Waals surface area contributed by atoms with Crippen LogP contribution in [0.3, 0.4) is 0 Å². The van der Waals surface area contributed by atoms with Crippen LogP contribution in [0.4, 0.5) is 10.1 Å². The molecule has 1 aromatic rings. The number of aryl methyl sites for hydroxylation is 1. The standard InChI is InChI=1S/C22H33FN4/c1-17-10-11-21(15-22(17)23)26-18(2)16-25-20(4)24-12-8-14-27-13-7-5-6-9-19(27)3/h10-11,15,24-26H,2-9,12-14,16H2,1H3. The van der Waals surface area contributed by atoms with Crippen molar-refractivity contribution >= 4 is 5.69 Å². The summed E-state index contributed by atoms with van der Waals surface area (Å²) in [5.74, 6) is 0.543. The first-order chi connectivity index (χ1) is 13.0. The maximum atomic E-state index is 13.6. The number of halogens is 1. The normalized spacial score (nSPS) is 14.4. The second-order valence-electron chi connectivity index (χ2n) is 7.17. The van der Waals surface area contributed by atoms with Gasteiger partial charge in [0, 0.05) is 36.7 Å². The maximum absolute atomic E-state index is 13.6. The topological polar surface area (TPSA) is 39.3 Å². The molecule has 1 aliphatic rings. The Morgan fingerprint density at radius 1 is 1.19 bits per heavy atom. The van der Waals surface area contributed by atoms with Crippen LogP contribution in [0.5, 0.6) is 0 Å². The summed E-state index contributed by atoms with van der Waals surface area (Å²) in [6.45, 7) is 17.4. The van der Waals surface area contributed by atoms with Gasteiger partial charge in [-0.3, -0.25) is 0 Å². The number of anilines is 1. The van der Waals surface area contributed by atoms with Crippen LogP contribution in [-0.2, 0) is 0 Å². The molecule has 0 saturated carbocycles. The summed E-state index contributed by atoms with van der Waals surface area (Å²) >= 11 is 0. The molecule has 0 radical (unpaired) electrons. The lowest BCUT2D eigenvalue weighted by molar-refractivity contribution is 0.339. The first-order valence-corrected chi connectivity index (χ1v) is 9.76. The van der Waals surface area contributed by atoms with Crippen LogP contribution in [0.25, 0.3) is 0 Å². The molecule has 3 N–H and O–H groups in total. The lowest BCUT2D eigenvalue weighted by Gasteiger charge is -2.25. The molecule has 5 heteroatoms. The first kappa shape index (κ1) is 20.9. The van der Waals surface area contributed by atoms with Crippen molar-refractivity contribution < 1.29 is 4.39 Å². The summed E-state index contributed by atoms with van der Waals surface area (Å²) < 4.78 is 13.6. The number of allylic oxidation sites excluding steroid dienone is 1. The van der Waals surface area contributed by atoms with Crippen molar-refractivity contribution in [2.24, 2.45) is 0 Å². The van der Waals surface area contributed by atoms with Gasteiger partial charge in [-0.15, -0.1) is 0 Å². The van der Waals surface area contributed by atoms with Crippen LogP contribution in [0.1, 0.15) is 37.7 Å². The van der Waals surface area contributed by atoms with E-state index in [0.29, 0.717) is 17.8 Å². The van der Waals surface area contributed by atoms with Gasteiger partial charge in [0.15, 0.2) is 0 Å². The molecular weight excluding hydrogens is 339 g/mol. The molecule has 0 atom stereocenters. The highest BCUT2D eigenvalue weighted by molar-refractivity contribution is 5.49. The Labute approximate surface area is 163 Å². The second kappa shape index (κ2) is 10.7. The van der Waals surface area contributed by atoms with E-state index in [-0.39, 0.29) is 5.82 Å². The summed E-state index contributed by atoms with van der Waals surface area (Å²) in [6.07, 6.45) is 6.01. The number of hydrogen-bond donors (Lipinski definition) is 3. The lowest BCUT2D eigenvalue weighted by Crippen LogP contribution is -2.31. The first-order valence-electron chi connectivity index (χ1n) is 9.76. The van der Waals surface area contributed by atoms with E-state index in [0.717, 1.165) is 44.0 Å². The fourth-order valence-electron chi connectivity index (χ4n) is 3.10. The highest BCUT2D eigenvalue weighted by Gasteiger charge is 2.10. The molecule has 0 bridgehead atoms. The molecule has 1 saturated heterocycles. The van der Waals surface area contributed by atoms with E-state index in [1.54, 1.807) is 13.0 Å². The Kier molecular flexibility index (Phi) is 8.24. The van der Waals surface area contributed by atoms with Crippen molar-refractivity contribution in [3.05, 3.63) is 66.5 Å². The van der Waals surface area contributed by atoms with E-state index in [1.807, 2.05) is 6.07 Å². The minimum Gasteiger partial charge on any atom is -0.375 e. The number of likely N-dealkylation sites (tertiary alicyclic amines) is 1. The molecular formula is C22H33FN4. The van der Waals surface area contributed by atoms with Gasteiger partial charge in [0.2, 0.25) is 0 Å². The Bertz CT molecular complexity index is 668. The summed E-state index contributed by atoms with van der Waals surface area (Å²) in [4.78, 5) is 2.41. The lowest BCUT2D eigenvalue weighted by atomic mass is 10.2. The Balaban J connectivity index is 1.60. The van der Waals surface area contributed by atoms with E-state index in [1.165, 1.54) is 31.0 Å². The summed E-state index contributed by atoms with van der Waals surface area (Å²) in [6, 6.07) is 5.06. The number of hydrogen-bond acceptors (Lipinski definition) is 4. The fraction of sp³-hybridized carbons (Fsp3) is 0.455. The Hall–Kier alpha value is -2.43. The predicted octanol–water partition coefficient (Wildman–Crippen LogP) is 4.49. The third-order valence-corrected chi connectivity index (χ3v) is 4.79. The average molecular weight is 373 g/mol. The number of benzene rings is 1. The van der Waals surface area contributed by atoms with Gasteiger partial charge in [-0.05, 0) is 50.3 Å². The fourth-order valence-corrected chi connectivity index (χ4v) is 3.10. The minimum atomic E-state index is -0.223.